The Balaban J connectivity index is 1.77. The van der Waals surface area contributed by atoms with Crippen LogP contribution in [0.5, 0.6) is 0 Å². The zero-order valence-corrected chi connectivity index (χ0v) is 14.0. The van der Waals surface area contributed by atoms with Gasteiger partial charge in [-0.05, 0) is 38.3 Å². The van der Waals surface area contributed by atoms with Crippen LogP contribution in [0, 0.1) is 0 Å². The number of carbonyl (C=O) groups excluding carboxylic acids is 3. The zero-order chi connectivity index (χ0) is 17.3. The molecular formula is C18H23N3O3. The minimum absolute atomic E-state index is 0.139. The number of benzene rings is 1. The molecule has 0 aliphatic carbocycles. The van der Waals surface area contributed by atoms with Crippen molar-refractivity contribution in [3.63, 3.8) is 0 Å². The maximum atomic E-state index is 12.7. The Bertz CT molecular complexity index is 671. The number of amides is 3. The van der Waals surface area contributed by atoms with E-state index in [1.165, 1.54) is 0 Å². The molecule has 2 heterocycles. The third-order valence-electron chi connectivity index (χ3n) is 4.78. The van der Waals surface area contributed by atoms with Gasteiger partial charge in [0.05, 0.1) is 5.92 Å². The smallest absolute Gasteiger partial charge is 0.249 e. The summed E-state index contributed by atoms with van der Waals surface area (Å²) in [7, 11) is 0. The van der Waals surface area contributed by atoms with Gasteiger partial charge in [-0.15, -0.1) is 0 Å². The van der Waals surface area contributed by atoms with Crippen LogP contribution < -0.4 is 15.5 Å². The Morgan fingerprint density at radius 1 is 1.25 bits per heavy atom. The number of rotatable bonds is 3. The summed E-state index contributed by atoms with van der Waals surface area (Å²) in [5.74, 6) is -1.09. The van der Waals surface area contributed by atoms with Crippen molar-refractivity contribution in [3.05, 3.63) is 29.8 Å². The minimum Gasteiger partial charge on any atom is -0.369 e. The quantitative estimate of drug-likeness (QED) is 0.820. The molecule has 2 atom stereocenters. The van der Waals surface area contributed by atoms with E-state index in [0.29, 0.717) is 18.9 Å². The summed E-state index contributed by atoms with van der Waals surface area (Å²) in [5.41, 5.74) is 2.09. The van der Waals surface area contributed by atoms with Crippen molar-refractivity contribution in [2.75, 3.05) is 11.4 Å². The summed E-state index contributed by atoms with van der Waals surface area (Å²) in [5, 5.41) is 5.10. The Hall–Kier alpha value is -2.37. The Kier molecular flexibility index (Phi) is 4.55. The lowest BCUT2D eigenvalue weighted by Gasteiger charge is -2.38. The molecule has 1 saturated heterocycles. The van der Waals surface area contributed by atoms with Crippen molar-refractivity contribution >= 4 is 23.4 Å². The molecule has 6 heteroatoms. The maximum Gasteiger partial charge on any atom is 0.249 e. The molecule has 1 fully saturated rings. The molecule has 1 aromatic rings. The largest absolute Gasteiger partial charge is 0.369 e. The van der Waals surface area contributed by atoms with Gasteiger partial charge < -0.3 is 10.2 Å². The van der Waals surface area contributed by atoms with Crippen molar-refractivity contribution in [1.82, 2.24) is 10.6 Å². The number of nitrogens with zero attached hydrogens (tertiary/aromatic N) is 1. The summed E-state index contributed by atoms with van der Waals surface area (Å²) in [4.78, 5) is 38.1. The molecule has 0 radical (unpaired) electrons. The Morgan fingerprint density at radius 3 is 2.71 bits per heavy atom. The highest BCUT2D eigenvalue weighted by atomic mass is 16.2. The van der Waals surface area contributed by atoms with Gasteiger partial charge in [-0.1, -0.05) is 18.2 Å². The molecule has 0 spiro atoms. The van der Waals surface area contributed by atoms with Gasteiger partial charge in [0.15, 0.2) is 0 Å². The number of imide groups is 1. The first-order chi connectivity index (χ1) is 11.5. The number of fused-ring (bicyclic) bond motifs is 1. The fourth-order valence-corrected chi connectivity index (χ4v) is 3.50. The number of carbonyl (C=O) groups is 3. The average Bonchev–Trinajstić information content (AvgIpc) is 2.56. The van der Waals surface area contributed by atoms with Crippen molar-refractivity contribution in [1.29, 1.82) is 0 Å². The van der Waals surface area contributed by atoms with Gasteiger partial charge >= 0.3 is 0 Å². The van der Waals surface area contributed by atoms with E-state index in [1.807, 2.05) is 24.3 Å². The molecule has 1 unspecified atom stereocenters. The maximum absolute atomic E-state index is 12.7. The molecule has 0 saturated carbocycles. The van der Waals surface area contributed by atoms with E-state index in [1.54, 1.807) is 0 Å². The second-order valence-electron chi connectivity index (χ2n) is 6.70. The monoisotopic (exact) mass is 329 g/mol. The summed E-state index contributed by atoms with van der Waals surface area (Å²) < 4.78 is 0. The van der Waals surface area contributed by atoms with Crippen LogP contribution >= 0.6 is 0 Å². The highest BCUT2D eigenvalue weighted by molar-refractivity contribution is 6.02. The molecule has 0 aromatic heterocycles. The first-order valence-electron chi connectivity index (χ1n) is 8.47. The van der Waals surface area contributed by atoms with Gasteiger partial charge in [0.1, 0.15) is 6.04 Å². The van der Waals surface area contributed by atoms with E-state index in [-0.39, 0.29) is 24.2 Å². The minimum atomic E-state index is -0.620. The van der Waals surface area contributed by atoms with Crippen molar-refractivity contribution in [2.24, 2.45) is 0 Å². The van der Waals surface area contributed by atoms with Crippen molar-refractivity contribution in [2.45, 2.75) is 51.1 Å². The molecule has 2 N–H and O–H groups in total. The fraction of sp³-hybridized carbons (Fsp3) is 0.500. The second kappa shape index (κ2) is 6.63. The zero-order valence-electron chi connectivity index (χ0n) is 14.0. The first kappa shape index (κ1) is 16.5. The average molecular weight is 329 g/mol. The molecule has 24 heavy (non-hydrogen) atoms. The van der Waals surface area contributed by atoms with Gasteiger partial charge in [0, 0.05) is 24.7 Å². The number of anilines is 1. The van der Waals surface area contributed by atoms with Crippen molar-refractivity contribution < 1.29 is 14.4 Å². The molecule has 128 valence electrons. The number of hydrogen-bond acceptors (Lipinski definition) is 4. The number of nitrogens with one attached hydrogen (secondary N) is 2. The van der Waals surface area contributed by atoms with Gasteiger partial charge in [0.2, 0.25) is 17.7 Å². The van der Waals surface area contributed by atoms with E-state index in [9.17, 15) is 14.4 Å². The van der Waals surface area contributed by atoms with E-state index >= 15 is 0 Å². The SMILES string of the molecule is CC(C)N1CCC(C(=O)N[C@H]2CCC(=O)NC2=O)c2ccccc21. The van der Waals surface area contributed by atoms with Crippen LogP contribution in [0.2, 0.25) is 0 Å². The predicted octanol–water partition coefficient (Wildman–Crippen LogP) is 1.31. The normalized spacial score (nSPS) is 23.7. The van der Waals surface area contributed by atoms with Crippen LogP contribution in [0.25, 0.3) is 0 Å². The van der Waals surface area contributed by atoms with Gasteiger partial charge in [-0.25, -0.2) is 0 Å². The third kappa shape index (κ3) is 3.13. The molecule has 1 aromatic carbocycles. The molecular weight excluding hydrogens is 306 g/mol. The lowest BCUT2D eigenvalue weighted by Crippen LogP contribution is -2.53. The third-order valence-corrected chi connectivity index (χ3v) is 4.78. The molecule has 3 amide bonds. The summed E-state index contributed by atoms with van der Waals surface area (Å²) in [6.45, 7) is 5.09. The lowest BCUT2D eigenvalue weighted by molar-refractivity contribution is -0.137. The number of para-hydroxylation sites is 1. The molecule has 0 bridgehead atoms. The molecule has 2 aliphatic heterocycles. The second-order valence-corrected chi connectivity index (χ2v) is 6.70. The summed E-state index contributed by atoms with van der Waals surface area (Å²) in [6.07, 6.45) is 1.34. The fourth-order valence-electron chi connectivity index (χ4n) is 3.50. The number of hydrogen-bond donors (Lipinski definition) is 2. The van der Waals surface area contributed by atoms with Crippen LogP contribution in [0.15, 0.2) is 24.3 Å². The number of piperidine rings is 1. The molecule has 6 nitrogen and oxygen atoms in total. The van der Waals surface area contributed by atoms with E-state index in [0.717, 1.165) is 17.8 Å². The first-order valence-corrected chi connectivity index (χ1v) is 8.47. The molecule has 3 rings (SSSR count). The topological polar surface area (TPSA) is 78.5 Å². The highest BCUT2D eigenvalue weighted by Gasteiger charge is 2.34. The van der Waals surface area contributed by atoms with E-state index in [2.05, 4.69) is 29.4 Å². The van der Waals surface area contributed by atoms with E-state index in [4.69, 9.17) is 0 Å². The Morgan fingerprint density at radius 2 is 2.00 bits per heavy atom. The molecule has 2 aliphatic rings. The van der Waals surface area contributed by atoms with Crippen LogP contribution in [0.3, 0.4) is 0 Å². The highest BCUT2D eigenvalue weighted by Crippen LogP contribution is 2.36. The van der Waals surface area contributed by atoms with E-state index < -0.39 is 11.9 Å². The van der Waals surface area contributed by atoms with Crippen LogP contribution in [0.1, 0.15) is 44.6 Å². The Labute approximate surface area is 141 Å². The van der Waals surface area contributed by atoms with Crippen LogP contribution in [-0.2, 0) is 14.4 Å². The lowest BCUT2D eigenvalue weighted by atomic mass is 9.88. The standard InChI is InChI=1S/C18H23N3O3/c1-11(2)21-10-9-13(12-5-3-4-6-15(12)21)17(23)19-14-7-8-16(22)20-18(14)24/h3-6,11,13-14H,7-10H2,1-2H3,(H,19,23)(H,20,22,24)/t13?,14-/m0/s1. The van der Waals surface area contributed by atoms with Crippen LogP contribution in [-0.4, -0.2) is 36.3 Å². The van der Waals surface area contributed by atoms with Crippen molar-refractivity contribution in [3.8, 4) is 0 Å². The predicted molar refractivity (Wildman–Crippen MR) is 90.6 cm³/mol. The summed E-state index contributed by atoms with van der Waals surface area (Å²) in [6, 6.07) is 7.69. The van der Waals surface area contributed by atoms with Crippen LogP contribution in [0.4, 0.5) is 5.69 Å². The summed E-state index contributed by atoms with van der Waals surface area (Å²) >= 11 is 0. The van der Waals surface area contributed by atoms with Gasteiger partial charge in [-0.2, -0.15) is 0 Å². The van der Waals surface area contributed by atoms with Gasteiger partial charge in [0.25, 0.3) is 0 Å². The van der Waals surface area contributed by atoms with Gasteiger partial charge in [-0.3, -0.25) is 19.7 Å².